The number of aliphatic hydroxyl groups excluding tert-OH is 1. The Labute approximate surface area is 216 Å². The average molecular weight is 497 g/mol. The van der Waals surface area contributed by atoms with E-state index in [1.807, 2.05) is 95.9 Å². The number of hydrogen-bond donors (Lipinski definition) is 1. The smallest absolute Gasteiger partial charge is 0.254 e. The number of nitrogens with zero attached hydrogens (tertiary/aromatic N) is 2. The third kappa shape index (κ3) is 5.67. The molecule has 1 atom stereocenters. The molecule has 1 N–H and O–H groups in total. The molecular weight excluding hydrogens is 468 g/mol. The van der Waals surface area contributed by atoms with E-state index in [-0.39, 0.29) is 5.91 Å². The highest BCUT2D eigenvalue weighted by Gasteiger charge is 2.21. The van der Waals surface area contributed by atoms with Gasteiger partial charge in [-0.25, -0.2) is 4.98 Å². The van der Waals surface area contributed by atoms with Crippen molar-refractivity contribution in [3.63, 3.8) is 0 Å². The van der Waals surface area contributed by atoms with Gasteiger partial charge < -0.3 is 10.0 Å². The monoisotopic (exact) mass is 496 g/mol. The lowest BCUT2D eigenvalue weighted by Crippen LogP contribution is -2.28. The highest BCUT2D eigenvalue weighted by molar-refractivity contribution is 6.31. The zero-order valence-electron chi connectivity index (χ0n) is 20.1. The molecule has 0 radical (unpaired) electrons. The Morgan fingerprint density at radius 2 is 1.78 bits per heavy atom. The third-order valence-electron chi connectivity index (χ3n) is 6.75. The Morgan fingerprint density at radius 3 is 2.64 bits per heavy atom. The molecule has 5 heteroatoms. The van der Waals surface area contributed by atoms with E-state index in [0.29, 0.717) is 17.9 Å². The molecule has 1 saturated heterocycles. The van der Waals surface area contributed by atoms with Crippen LogP contribution in [0.5, 0.6) is 0 Å². The van der Waals surface area contributed by atoms with Gasteiger partial charge in [-0.05, 0) is 78.8 Å². The molecule has 5 rings (SSSR count). The highest BCUT2D eigenvalue weighted by Crippen LogP contribution is 2.24. The van der Waals surface area contributed by atoms with Crippen LogP contribution in [-0.4, -0.2) is 34.0 Å². The fourth-order valence-corrected chi connectivity index (χ4v) is 4.91. The summed E-state index contributed by atoms with van der Waals surface area (Å²) in [5.41, 5.74) is 5.30. The van der Waals surface area contributed by atoms with Crippen molar-refractivity contribution in [2.45, 2.75) is 31.8 Å². The van der Waals surface area contributed by atoms with E-state index < -0.39 is 6.10 Å². The van der Waals surface area contributed by atoms with E-state index in [0.717, 1.165) is 64.8 Å². The summed E-state index contributed by atoms with van der Waals surface area (Å²) in [6, 6.07) is 25.4. The number of aliphatic hydroxyl groups is 1. The normalized spacial score (nSPS) is 14.6. The maximum atomic E-state index is 12.9. The lowest BCUT2D eigenvalue weighted by atomic mass is 9.96. The van der Waals surface area contributed by atoms with Crippen LogP contribution in [0.25, 0.3) is 23.1 Å². The number of carbonyl (C=O) groups is 1. The van der Waals surface area contributed by atoms with Crippen LogP contribution in [0.1, 0.15) is 58.1 Å². The van der Waals surface area contributed by atoms with Crippen LogP contribution in [0.15, 0.2) is 78.9 Å². The van der Waals surface area contributed by atoms with Crippen molar-refractivity contribution >= 4 is 40.6 Å². The topological polar surface area (TPSA) is 53.4 Å². The van der Waals surface area contributed by atoms with Gasteiger partial charge in [-0.1, -0.05) is 66.2 Å². The standard InChI is InChI=1S/C31H29ClN2O2/c32-26-14-11-24-12-16-27(33-29(24)21-26)15-10-22-6-5-8-25(20-22)30(35)17-13-23-7-1-2-9-28(23)31(36)34-18-3-4-19-34/h1-2,5-12,14-16,20-21,30,35H,3-4,13,17-19H2. The molecule has 0 bridgehead atoms. The van der Waals surface area contributed by atoms with Gasteiger partial charge in [0.2, 0.25) is 0 Å². The highest BCUT2D eigenvalue weighted by atomic mass is 35.5. The number of amides is 1. The molecule has 2 heterocycles. The van der Waals surface area contributed by atoms with E-state index in [4.69, 9.17) is 11.6 Å². The molecule has 0 aliphatic carbocycles. The Bertz CT molecular complexity index is 1410. The van der Waals surface area contributed by atoms with Gasteiger partial charge >= 0.3 is 0 Å². The number of fused-ring (bicyclic) bond motifs is 1. The summed E-state index contributed by atoms with van der Waals surface area (Å²) in [6.45, 7) is 1.66. The van der Waals surface area contributed by atoms with Gasteiger partial charge in [0.05, 0.1) is 17.3 Å². The number of carbonyl (C=O) groups excluding carboxylic acids is 1. The zero-order chi connectivity index (χ0) is 24.9. The van der Waals surface area contributed by atoms with Crippen LogP contribution in [0.4, 0.5) is 0 Å². The fourth-order valence-electron chi connectivity index (χ4n) is 4.75. The first kappa shape index (κ1) is 24.2. The van der Waals surface area contributed by atoms with Crippen molar-refractivity contribution in [1.82, 2.24) is 9.88 Å². The lowest BCUT2D eigenvalue weighted by Gasteiger charge is -2.18. The first-order valence-electron chi connectivity index (χ1n) is 12.5. The predicted molar refractivity (Wildman–Crippen MR) is 147 cm³/mol. The van der Waals surface area contributed by atoms with Crippen molar-refractivity contribution in [1.29, 1.82) is 0 Å². The minimum Gasteiger partial charge on any atom is -0.388 e. The van der Waals surface area contributed by atoms with Gasteiger partial charge in [0, 0.05) is 29.1 Å². The number of rotatable bonds is 7. The van der Waals surface area contributed by atoms with E-state index in [1.54, 1.807) is 0 Å². The SMILES string of the molecule is O=C(c1ccccc1CCC(O)c1cccc(C=Cc2ccc3ccc(Cl)cc3n2)c1)N1CCCC1. The van der Waals surface area contributed by atoms with Crippen molar-refractivity contribution in [2.75, 3.05) is 13.1 Å². The summed E-state index contributed by atoms with van der Waals surface area (Å²) < 4.78 is 0. The minimum atomic E-state index is -0.616. The summed E-state index contributed by atoms with van der Waals surface area (Å²) >= 11 is 6.11. The maximum Gasteiger partial charge on any atom is 0.254 e. The number of pyridine rings is 1. The van der Waals surface area contributed by atoms with Crippen LogP contribution < -0.4 is 0 Å². The average Bonchev–Trinajstić information content (AvgIpc) is 3.45. The van der Waals surface area contributed by atoms with Crippen molar-refractivity contribution in [3.8, 4) is 0 Å². The molecule has 182 valence electrons. The molecule has 1 aliphatic rings. The van der Waals surface area contributed by atoms with Gasteiger partial charge in [0.25, 0.3) is 5.91 Å². The Morgan fingerprint density at radius 1 is 0.972 bits per heavy atom. The second kappa shape index (κ2) is 11.1. The summed E-state index contributed by atoms with van der Waals surface area (Å²) in [5.74, 6) is 0.106. The van der Waals surface area contributed by atoms with Gasteiger partial charge in [-0.2, -0.15) is 0 Å². The Balaban J connectivity index is 1.26. The molecular formula is C31H29ClN2O2. The van der Waals surface area contributed by atoms with Crippen LogP contribution >= 0.6 is 11.6 Å². The molecule has 4 aromatic rings. The summed E-state index contributed by atoms with van der Waals surface area (Å²) in [4.78, 5) is 19.6. The van der Waals surface area contributed by atoms with Crippen molar-refractivity contribution in [3.05, 3.63) is 112 Å². The van der Waals surface area contributed by atoms with Crippen LogP contribution in [0, 0.1) is 0 Å². The molecule has 0 saturated carbocycles. The van der Waals surface area contributed by atoms with E-state index in [1.165, 1.54) is 0 Å². The predicted octanol–water partition coefficient (Wildman–Crippen LogP) is 6.96. The largest absolute Gasteiger partial charge is 0.388 e. The van der Waals surface area contributed by atoms with Gasteiger partial charge in [-0.3, -0.25) is 4.79 Å². The number of likely N-dealkylation sites (tertiary alicyclic amines) is 1. The number of hydrogen-bond acceptors (Lipinski definition) is 3. The first-order chi connectivity index (χ1) is 17.6. The Hall–Kier alpha value is -3.47. The molecule has 36 heavy (non-hydrogen) atoms. The van der Waals surface area contributed by atoms with Crippen molar-refractivity contribution in [2.24, 2.45) is 0 Å². The molecule has 1 aliphatic heterocycles. The van der Waals surface area contributed by atoms with E-state index in [9.17, 15) is 9.90 Å². The molecule has 1 unspecified atom stereocenters. The number of halogens is 1. The molecule has 4 nitrogen and oxygen atoms in total. The van der Waals surface area contributed by atoms with Gasteiger partial charge in [-0.15, -0.1) is 0 Å². The Kier molecular flexibility index (Phi) is 7.45. The molecule has 1 fully saturated rings. The van der Waals surface area contributed by atoms with Crippen LogP contribution in [0.3, 0.4) is 0 Å². The van der Waals surface area contributed by atoms with Gasteiger partial charge in [0.1, 0.15) is 0 Å². The van der Waals surface area contributed by atoms with Crippen LogP contribution in [-0.2, 0) is 6.42 Å². The molecule has 0 spiro atoms. The summed E-state index contributed by atoms with van der Waals surface area (Å²) in [5, 5.41) is 12.6. The zero-order valence-corrected chi connectivity index (χ0v) is 20.9. The molecule has 1 amide bonds. The minimum absolute atomic E-state index is 0.106. The molecule has 3 aromatic carbocycles. The number of aromatic nitrogens is 1. The fraction of sp³-hybridized carbons (Fsp3) is 0.226. The van der Waals surface area contributed by atoms with E-state index >= 15 is 0 Å². The maximum absolute atomic E-state index is 12.9. The quantitative estimate of drug-likeness (QED) is 0.301. The lowest BCUT2D eigenvalue weighted by molar-refractivity contribution is 0.0791. The summed E-state index contributed by atoms with van der Waals surface area (Å²) in [6.07, 6.45) is 6.68. The number of benzene rings is 3. The second-order valence-corrected chi connectivity index (χ2v) is 9.72. The van der Waals surface area contributed by atoms with Crippen molar-refractivity contribution < 1.29 is 9.90 Å². The summed E-state index contributed by atoms with van der Waals surface area (Å²) in [7, 11) is 0. The second-order valence-electron chi connectivity index (χ2n) is 9.29. The molecule has 1 aromatic heterocycles. The van der Waals surface area contributed by atoms with Crippen LogP contribution in [0.2, 0.25) is 5.02 Å². The van der Waals surface area contributed by atoms with Gasteiger partial charge in [0.15, 0.2) is 0 Å². The van der Waals surface area contributed by atoms with E-state index in [2.05, 4.69) is 4.98 Å². The third-order valence-corrected chi connectivity index (χ3v) is 6.98. The first-order valence-corrected chi connectivity index (χ1v) is 12.8. The number of aryl methyl sites for hydroxylation is 1.